The number of nitrogens with zero attached hydrogens (tertiary/aromatic N) is 2. The normalized spacial score (nSPS) is 13.2. The van der Waals surface area contributed by atoms with Crippen molar-refractivity contribution in [3.05, 3.63) is 35.4 Å². The summed E-state index contributed by atoms with van der Waals surface area (Å²) in [4.78, 5) is 1.91. The van der Waals surface area contributed by atoms with Crippen molar-refractivity contribution < 1.29 is 8.42 Å². The Morgan fingerprint density at radius 3 is 2.58 bits per heavy atom. The first kappa shape index (κ1) is 15.6. The van der Waals surface area contributed by atoms with Crippen LogP contribution >= 0.6 is 0 Å². The second-order valence-corrected chi connectivity index (χ2v) is 6.56. The summed E-state index contributed by atoms with van der Waals surface area (Å²) in [7, 11) is 0.330. The van der Waals surface area contributed by atoms with Crippen LogP contribution in [0.1, 0.15) is 18.1 Å². The van der Waals surface area contributed by atoms with E-state index in [2.05, 4.69) is 4.72 Å². The maximum atomic E-state index is 12.0. The zero-order valence-corrected chi connectivity index (χ0v) is 12.2. The predicted octanol–water partition coefficient (Wildman–Crippen LogP) is 0.928. The van der Waals surface area contributed by atoms with E-state index in [4.69, 9.17) is 5.26 Å². The highest BCUT2D eigenvalue weighted by Gasteiger charge is 2.17. The van der Waals surface area contributed by atoms with Crippen LogP contribution in [0.4, 0.5) is 0 Å². The molecule has 1 unspecified atom stereocenters. The van der Waals surface area contributed by atoms with Crippen LogP contribution in [0.15, 0.2) is 24.3 Å². The quantitative estimate of drug-likeness (QED) is 0.842. The van der Waals surface area contributed by atoms with Crippen LogP contribution in [-0.4, -0.2) is 40.0 Å². The Bertz CT molecular complexity index is 561. The SMILES string of the molecule is CC(CN(C)C)NS(=O)(=O)Cc1ccccc1C#N. The number of hydrogen-bond acceptors (Lipinski definition) is 4. The van der Waals surface area contributed by atoms with Gasteiger partial charge in [0, 0.05) is 12.6 Å². The summed E-state index contributed by atoms with van der Waals surface area (Å²) in [5.41, 5.74) is 0.919. The van der Waals surface area contributed by atoms with Gasteiger partial charge >= 0.3 is 0 Å². The van der Waals surface area contributed by atoms with Crippen LogP contribution in [0.2, 0.25) is 0 Å². The van der Waals surface area contributed by atoms with E-state index in [1.807, 2.05) is 32.0 Å². The number of likely N-dealkylation sites (N-methyl/N-ethyl adjacent to an activating group) is 1. The van der Waals surface area contributed by atoms with Gasteiger partial charge in [0.15, 0.2) is 0 Å². The van der Waals surface area contributed by atoms with Gasteiger partial charge in [0.1, 0.15) is 0 Å². The van der Waals surface area contributed by atoms with E-state index in [-0.39, 0.29) is 11.8 Å². The summed E-state index contributed by atoms with van der Waals surface area (Å²) in [6.07, 6.45) is 0. The van der Waals surface area contributed by atoms with Crippen molar-refractivity contribution in [1.29, 1.82) is 5.26 Å². The van der Waals surface area contributed by atoms with Crippen molar-refractivity contribution in [2.24, 2.45) is 0 Å². The second-order valence-electron chi connectivity index (χ2n) is 4.81. The van der Waals surface area contributed by atoms with E-state index in [0.717, 1.165) is 0 Å². The Balaban J connectivity index is 2.78. The predicted molar refractivity (Wildman–Crippen MR) is 74.9 cm³/mol. The first-order chi connectivity index (χ1) is 8.84. The molecule has 19 heavy (non-hydrogen) atoms. The highest BCUT2D eigenvalue weighted by molar-refractivity contribution is 7.88. The molecule has 5 nitrogen and oxygen atoms in total. The Morgan fingerprint density at radius 1 is 1.37 bits per heavy atom. The molecule has 0 bridgehead atoms. The molecule has 6 heteroatoms. The summed E-state index contributed by atoms with van der Waals surface area (Å²) in [5.74, 6) is -0.172. The van der Waals surface area contributed by atoms with Crippen molar-refractivity contribution in [2.45, 2.75) is 18.7 Å². The lowest BCUT2D eigenvalue weighted by atomic mass is 10.1. The fraction of sp³-hybridized carbons (Fsp3) is 0.462. The molecule has 0 aliphatic rings. The van der Waals surface area contributed by atoms with E-state index in [1.165, 1.54) is 0 Å². The molecule has 0 heterocycles. The lowest BCUT2D eigenvalue weighted by Crippen LogP contribution is -2.40. The fourth-order valence-corrected chi connectivity index (χ4v) is 3.33. The van der Waals surface area contributed by atoms with Crippen LogP contribution in [0.25, 0.3) is 0 Å². The molecule has 104 valence electrons. The molecule has 0 saturated carbocycles. The molecule has 1 atom stereocenters. The molecule has 0 amide bonds. The minimum Gasteiger partial charge on any atom is -0.308 e. The smallest absolute Gasteiger partial charge is 0.216 e. The van der Waals surface area contributed by atoms with E-state index in [9.17, 15) is 8.42 Å². The van der Waals surface area contributed by atoms with Gasteiger partial charge in [0.25, 0.3) is 0 Å². The van der Waals surface area contributed by atoms with Crippen molar-refractivity contribution >= 4 is 10.0 Å². The molecule has 1 N–H and O–H groups in total. The molecule has 1 aromatic rings. The van der Waals surface area contributed by atoms with Gasteiger partial charge in [-0.25, -0.2) is 13.1 Å². The monoisotopic (exact) mass is 281 g/mol. The van der Waals surface area contributed by atoms with E-state index in [1.54, 1.807) is 24.3 Å². The molecule has 0 aromatic heterocycles. The van der Waals surface area contributed by atoms with Crippen LogP contribution in [-0.2, 0) is 15.8 Å². The third kappa shape index (κ3) is 5.39. The molecule has 0 spiro atoms. The largest absolute Gasteiger partial charge is 0.308 e. The van der Waals surface area contributed by atoms with Gasteiger partial charge in [0.2, 0.25) is 10.0 Å². The van der Waals surface area contributed by atoms with Gasteiger partial charge in [-0.3, -0.25) is 0 Å². The Kier molecular flexibility index (Phi) is 5.48. The lowest BCUT2D eigenvalue weighted by Gasteiger charge is -2.18. The zero-order chi connectivity index (χ0) is 14.5. The van der Waals surface area contributed by atoms with Gasteiger partial charge < -0.3 is 4.90 Å². The van der Waals surface area contributed by atoms with Crippen LogP contribution in [0.5, 0.6) is 0 Å². The lowest BCUT2D eigenvalue weighted by molar-refractivity contribution is 0.370. The van der Waals surface area contributed by atoms with E-state index in [0.29, 0.717) is 17.7 Å². The molecule has 1 rings (SSSR count). The van der Waals surface area contributed by atoms with Crippen molar-refractivity contribution in [3.8, 4) is 6.07 Å². The van der Waals surface area contributed by atoms with Gasteiger partial charge in [0.05, 0.1) is 17.4 Å². The Labute approximate surface area is 114 Å². The Morgan fingerprint density at radius 2 is 2.00 bits per heavy atom. The summed E-state index contributed by atoms with van der Waals surface area (Å²) < 4.78 is 26.7. The third-order valence-electron chi connectivity index (χ3n) is 2.50. The van der Waals surface area contributed by atoms with Gasteiger partial charge in [-0.05, 0) is 32.6 Å². The fourth-order valence-electron chi connectivity index (χ4n) is 1.89. The minimum atomic E-state index is -3.44. The maximum Gasteiger partial charge on any atom is 0.216 e. The summed E-state index contributed by atoms with van der Waals surface area (Å²) in [6, 6.07) is 8.56. The molecular weight excluding hydrogens is 262 g/mol. The topological polar surface area (TPSA) is 73.2 Å². The van der Waals surface area contributed by atoms with Crippen molar-refractivity contribution in [3.63, 3.8) is 0 Å². The first-order valence-electron chi connectivity index (χ1n) is 5.97. The standard InChI is InChI=1S/C13H19N3O2S/c1-11(9-16(2)3)15-19(17,18)10-13-7-5-4-6-12(13)8-14/h4-7,11,15H,9-10H2,1-3H3. The Hall–Kier alpha value is -1.42. The number of nitrogens with one attached hydrogen (secondary N) is 1. The molecule has 0 radical (unpaired) electrons. The average Bonchev–Trinajstić information content (AvgIpc) is 2.26. The first-order valence-corrected chi connectivity index (χ1v) is 7.62. The van der Waals surface area contributed by atoms with Crippen molar-refractivity contribution in [1.82, 2.24) is 9.62 Å². The van der Waals surface area contributed by atoms with Gasteiger partial charge in [-0.15, -0.1) is 0 Å². The molecule has 0 fully saturated rings. The average molecular weight is 281 g/mol. The zero-order valence-electron chi connectivity index (χ0n) is 11.4. The van der Waals surface area contributed by atoms with Gasteiger partial charge in [-0.2, -0.15) is 5.26 Å². The highest BCUT2D eigenvalue weighted by atomic mass is 32.2. The third-order valence-corrected chi connectivity index (χ3v) is 3.96. The van der Waals surface area contributed by atoms with Crippen LogP contribution < -0.4 is 4.72 Å². The summed E-state index contributed by atoms with van der Waals surface area (Å²) in [5, 5.41) is 8.94. The van der Waals surface area contributed by atoms with E-state index >= 15 is 0 Å². The number of nitriles is 1. The van der Waals surface area contributed by atoms with Crippen LogP contribution in [0, 0.1) is 11.3 Å². The second kappa shape index (κ2) is 6.66. The van der Waals surface area contributed by atoms with Gasteiger partial charge in [-0.1, -0.05) is 18.2 Å². The molecular formula is C13H19N3O2S. The highest BCUT2D eigenvalue weighted by Crippen LogP contribution is 2.11. The maximum absolute atomic E-state index is 12.0. The molecule has 0 aliphatic carbocycles. The summed E-state index contributed by atoms with van der Waals surface area (Å²) >= 11 is 0. The summed E-state index contributed by atoms with van der Waals surface area (Å²) in [6.45, 7) is 2.44. The van der Waals surface area contributed by atoms with Crippen molar-refractivity contribution in [2.75, 3.05) is 20.6 Å². The number of benzene rings is 1. The number of sulfonamides is 1. The van der Waals surface area contributed by atoms with Crippen LogP contribution in [0.3, 0.4) is 0 Å². The van der Waals surface area contributed by atoms with E-state index < -0.39 is 10.0 Å². The molecule has 1 aromatic carbocycles. The minimum absolute atomic E-state index is 0.172. The molecule has 0 saturated heterocycles. The number of hydrogen-bond donors (Lipinski definition) is 1. The number of rotatable bonds is 6. The molecule has 0 aliphatic heterocycles.